The van der Waals surface area contributed by atoms with Crippen LogP contribution in [0, 0.1) is 0 Å². The maximum atomic E-state index is 6.67. The van der Waals surface area contributed by atoms with Crippen LogP contribution in [0.15, 0.2) is 18.2 Å². The Morgan fingerprint density at radius 2 is 1.89 bits per heavy atom. The highest BCUT2D eigenvalue weighted by molar-refractivity contribution is 6.31. The van der Waals surface area contributed by atoms with Crippen LogP contribution in [0.5, 0.6) is 0 Å². The molecule has 0 unspecified atom stereocenters. The zero-order valence-electron chi connectivity index (χ0n) is 11.3. The van der Waals surface area contributed by atoms with Gasteiger partial charge in [0.25, 0.3) is 0 Å². The summed E-state index contributed by atoms with van der Waals surface area (Å²) < 4.78 is 2.12. The Morgan fingerprint density at radius 1 is 1.21 bits per heavy atom. The van der Waals surface area contributed by atoms with Gasteiger partial charge in [-0.05, 0) is 31.0 Å². The molecule has 0 saturated heterocycles. The van der Waals surface area contributed by atoms with Crippen molar-refractivity contribution in [1.82, 2.24) is 9.55 Å². The van der Waals surface area contributed by atoms with Crippen molar-refractivity contribution in [2.75, 3.05) is 0 Å². The molecular weight excluding hydrogens is 258 g/mol. The highest BCUT2D eigenvalue weighted by atomic mass is 35.5. The summed E-state index contributed by atoms with van der Waals surface area (Å²) in [5.74, 6) is 1.01. The molecule has 3 nitrogen and oxygen atoms in total. The molecule has 0 aliphatic heterocycles. The van der Waals surface area contributed by atoms with Crippen LogP contribution in [0.1, 0.15) is 44.3 Å². The molecule has 1 heterocycles. The first-order valence-electron chi connectivity index (χ1n) is 7.01. The average Bonchev–Trinajstić information content (AvgIpc) is 2.58. The Hall–Kier alpha value is -1.06. The molecule has 1 aliphatic rings. The topological polar surface area (TPSA) is 43.8 Å². The Kier molecular flexibility index (Phi) is 3.27. The van der Waals surface area contributed by atoms with E-state index in [0.717, 1.165) is 34.7 Å². The lowest BCUT2D eigenvalue weighted by molar-refractivity contribution is 0.355. The van der Waals surface area contributed by atoms with Gasteiger partial charge in [-0.1, -0.05) is 37.3 Å². The first-order chi connectivity index (χ1) is 9.10. The number of halogens is 1. The molecule has 1 aromatic carbocycles. The van der Waals surface area contributed by atoms with Crippen LogP contribution in [0.25, 0.3) is 11.0 Å². The van der Waals surface area contributed by atoms with Crippen LogP contribution in [-0.2, 0) is 12.6 Å². The van der Waals surface area contributed by atoms with Crippen LogP contribution in [-0.4, -0.2) is 9.55 Å². The molecular formula is C15H20ClN3. The fourth-order valence-electron chi connectivity index (χ4n) is 3.19. The maximum Gasteiger partial charge on any atom is 0.129 e. The van der Waals surface area contributed by atoms with Crippen LogP contribution >= 0.6 is 11.6 Å². The zero-order chi connectivity index (χ0) is 13.5. The highest BCUT2D eigenvalue weighted by Crippen LogP contribution is 2.34. The number of aromatic nitrogens is 2. The van der Waals surface area contributed by atoms with Gasteiger partial charge in [0.2, 0.25) is 0 Å². The Labute approximate surface area is 118 Å². The van der Waals surface area contributed by atoms with Crippen molar-refractivity contribution in [1.29, 1.82) is 0 Å². The van der Waals surface area contributed by atoms with E-state index in [1.807, 2.05) is 25.2 Å². The van der Waals surface area contributed by atoms with Crippen molar-refractivity contribution in [2.24, 2.45) is 12.8 Å². The minimum Gasteiger partial charge on any atom is -0.330 e. The molecule has 1 aliphatic carbocycles. The summed E-state index contributed by atoms with van der Waals surface area (Å²) in [6, 6.07) is 5.83. The molecule has 0 amide bonds. The van der Waals surface area contributed by atoms with Gasteiger partial charge in [-0.25, -0.2) is 4.98 Å². The smallest absolute Gasteiger partial charge is 0.129 e. The first kappa shape index (κ1) is 12.9. The van der Waals surface area contributed by atoms with Crippen molar-refractivity contribution < 1.29 is 0 Å². The van der Waals surface area contributed by atoms with Crippen LogP contribution in [0.4, 0.5) is 0 Å². The van der Waals surface area contributed by atoms with Gasteiger partial charge in [0.05, 0.1) is 16.6 Å². The van der Waals surface area contributed by atoms with E-state index in [1.54, 1.807) is 0 Å². The van der Waals surface area contributed by atoms with Gasteiger partial charge in [-0.15, -0.1) is 0 Å². The zero-order valence-corrected chi connectivity index (χ0v) is 12.1. The van der Waals surface area contributed by atoms with Gasteiger partial charge in [0, 0.05) is 12.1 Å². The number of imidazole rings is 1. The molecule has 0 radical (unpaired) electrons. The molecule has 4 heteroatoms. The third kappa shape index (κ3) is 2.26. The van der Waals surface area contributed by atoms with Crippen molar-refractivity contribution in [2.45, 2.75) is 44.1 Å². The van der Waals surface area contributed by atoms with Gasteiger partial charge >= 0.3 is 0 Å². The summed E-state index contributed by atoms with van der Waals surface area (Å²) in [5.41, 5.74) is 8.43. The minimum atomic E-state index is -0.281. The van der Waals surface area contributed by atoms with E-state index in [9.17, 15) is 0 Å². The molecule has 102 valence electrons. The van der Waals surface area contributed by atoms with E-state index in [2.05, 4.69) is 4.57 Å². The van der Waals surface area contributed by atoms with Gasteiger partial charge in [-0.3, -0.25) is 0 Å². The number of hydrogen-bond donors (Lipinski definition) is 1. The summed E-state index contributed by atoms with van der Waals surface area (Å²) in [4.78, 5) is 4.77. The monoisotopic (exact) mass is 277 g/mol. The Morgan fingerprint density at radius 3 is 2.58 bits per heavy atom. The molecule has 2 aromatic rings. The molecule has 0 spiro atoms. The third-order valence-electron chi connectivity index (χ3n) is 4.28. The largest absolute Gasteiger partial charge is 0.330 e. The van der Waals surface area contributed by atoms with Gasteiger partial charge in [-0.2, -0.15) is 0 Å². The van der Waals surface area contributed by atoms with Crippen LogP contribution < -0.4 is 5.73 Å². The first-order valence-corrected chi connectivity index (χ1v) is 7.39. The predicted molar refractivity (Wildman–Crippen MR) is 79.3 cm³/mol. The Bertz CT molecular complexity index is 595. The summed E-state index contributed by atoms with van der Waals surface area (Å²) in [5, 5.41) is 0.744. The predicted octanol–water partition coefficient (Wildman–Crippen LogP) is 3.73. The summed E-state index contributed by atoms with van der Waals surface area (Å²) in [6.07, 6.45) is 7.01. The molecule has 1 fully saturated rings. The van der Waals surface area contributed by atoms with E-state index < -0.39 is 0 Å². The van der Waals surface area contributed by atoms with E-state index in [-0.39, 0.29) is 5.54 Å². The van der Waals surface area contributed by atoms with Gasteiger partial charge in [0.15, 0.2) is 0 Å². The second-order valence-corrected chi connectivity index (χ2v) is 6.13. The fourth-order valence-corrected chi connectivity index (χ4v) is 3.36. The quantitative estimate of drug-likeness (QED) is 0.807. The molecule has 19 heavy (non-hydrogen) atoms. The fraction of sp³-hybridized carbons (Fsp3) is 0.533. The minimum absolute atomic E-state index is 0.281. The standard InChI is InChI=1S/C15H20ClN3/c1-19-13-10-11(16)6-7-12(13)18-14(19)15(17)8-4-2-3-5-9-15/h6-7,10H,2-5,8-9,17H2,1H3. The van der Waals surface area contributed by atoms with Crippen LogP contribution in [0.2, 0.25) is 5.02 Å². The molecule has 3 rings (SSSR count). The highest BCUT2D eigenvalue weighted by Gasteiger charge is 2.32. The van der Waals surface area contributed by atoms with Crippen LogP contribution in [0.3, 0.4) is 0 Å². The molecule has 1 saturated carbocycles. The lowest BCUT2D eigenvalue weighted by Crippen LogP contribution is -2.38. The molecule has 1 aromatic heterocycles. The normalized spacial score (nSPS) is 19.5. The lowest BCUT2D eigenvalue weighted by atomic mass is 9.90. The van der Waals surface area contributed by atoms with Crippen molar-refractivity contribution >= 4 is 22.6 Å². The Balaban J connectivity index is 2.11. The molecule has 2 N–H and O–H groups in total. The van der Waals surface area contributed by atoms with E-state index in [0.29, 0.717) is 0 Å². The second kappa shape index (κ2) is 4.80. The third-order valence-corrected chi connectivity index (χ3v) is 4.52. The van der Waals surface area contributed by atoms with Crippen molar-refractivity contribution in [3.63, 3.8) is 0 Å². The number of hydrogen-bond acceptors (Lipinski definition) is 2. The summed E-state index contributed by atoms with van der Waals surface area (Å²) in [6.45, 7) is 0. The average molecular weight is 278 g/mol. The number of nitrogens with zero attached hydrogens (tertiary/aromatic N) is 2. The number of aryl methyl sites for hydroxylation is 1. The second-order valence-electron chi connectivity index (χ2n) is 5.70. The van der Waals surface area contributed by atoms with E-state index in [4.69, 9.17) is 22.3 Å². The van der Waals surface area contributed by atoms with Gasteiger partial charge in [0.1, 0.15) is 5.82 Å². The number of fused-ring (bicyclic) bond motifs is 1. The van der Waals surface area contributed by atoms with Crippen molar-refractivity contribution in [3.05, 3.63) is 29.0 Å². The van der Waals surface area contributed by atoms with E-state index >= 15 is 0 Å². The van der Waals surface area contributed by atoms with E-state index in [1.165, 1.54) is 25.7 Å². The van der Waals surface area contributed by atoms with Gasteiger partial charge < -0.3 is 10.3 Å². The number of nitrogens with two attached hydrogens (primary N) is 1. The SMILES string of the molecule is Cn1c(C2(N)CCCCCC2)nc2ccc(Cl)cc21. The lowest BCUT2D eigenvalue weighted by Gasteiger charge is -2.27. The number of benzene rings is 1. The molecule has 0 bridgehead atoms. The maximum absolute atomic E-state index is 6.67. The molecule has 0 atom stereocenters. The number of rotatable bonds is 1. The summed E-state index contributed by atoms with van der Waals surface area (Å²) in [7, 11) is 2.04. The summed E-state index contributed by atoms with van der Waals surface area (Å²) >= 11 is 6.07. The van der Waals surface area contributed by atoms with Crippen molar-refractivity contribution in [3.8, 4) is 0 Å².